The third kappa shape index (κ3) is 5.56. The highest BCUT2D eigenvalue weighted by atomic mass is 16.5. The summed E-state index contributed by atoms with van der Waals surface area (Å²) in [6.07, 6.45) is 0. The lowest BCUT2D eigenvalue weighted by atomic mass is 10.4. The largest absolute Gasteiger partial charge is 0.468 e. The van der Waals surface area contributed by atoms with Gasteiger partial charge in [-0.15, -0.1) is 0 Å². The summed E-state index contributed by atoms with van der Waals surface area (Å²) >= 11 is 0. The summed E-state index contributed by atoms with van der Waals surface area (Å²) in [5, 5.41) is 2.74. The molecule has 0 aliphatic rings. The molecule has 0 spiro atoms. The van der Waals surface area contributed by atoms with E-state index in [1.54, 1.807) is 14.0 Å². The number of ether oxygens (including phenoxy) is 1. The Morgan fingerprint density at radius 2 is 1.90 bits per heavy atom. The molecule has 1 N–H and O–H groups in total. The number of carbonyl (C=O) groups is 1. The summed E-state index contributed by atoms with van der Waals surface area (Å²) < 4.78 is 4.40. The van der Waals surface area contributed by atoms with E-state index in [0.717, 1.165) is 0 Å². The van der Waals surface area contributed by atoms with Crippen molar-refractivity contribution in [1.29, 1.82) is 0 Å². The minimum absolute atomic E-state index is 0.194. The zero-order chi connectivity index (χ0) is 8.57. The van der Waals surface area contributed by atoms with E-state index < -0.39 is 0 Å². The summed E-state index contributed by atoms with van der Waals surface area (Å²) in [5.41, 5.74) is 0. The number of methoxy groups -OCH3 is 1. The number of hydrogen-bond donors (Lipinski definition) is 1. The second-order valence-electron chi connectivity index (χ2n) is 1.53. The smallest absolute Gasteiger partial charge is 0.322 e. The van der Waals surface area contributed by atoms with Crippen molar-refractivity contribution in [3.05, 3.63) is 0 Å². The molecule has 0 heterocycles. The summed E-state index contributed by atoms with van der Waals surface area (Å²) in [7, 11) is 3.08. The monoisotopic (exact) mass is 147 g/mol. The molecule has 0 bridgehead atoms. The van der Waals surface area contributed by atoms with Crippen LogP contribution in [0.4, 0.5) is 0 Å². The van der Waals surface area contributed by atoms with Gasteiger partial charge in [0.1, 0.15) is 6.04 Å². The highest BCUT2D eigenvalue weighted by Crippen LogP contribution is 1.81. The normalized spacial score (nSPS) is 10.9. The fourth-order valence-electron chi connectivity index (χ4n) is 0.295. The van der Waals surface area contributed by atoms with E-state index in [2.05, 4.69) is 10.1 Å². The van der Waals surface area contributed by atoms with Gasteiger partial charge in [-0.25, -0.2) is 0 Å². The van der Waals surface area contributed by atoms with Gasteiger partial charge in [-0.3, -0.25) is 4.79 Å². The molecule has 1 atom stereocenters. The van der Waals surface area contributed by atoms with Crippen molar-refractivity contribution in [2.24, 2.45) is 0 Å². The van der Waals surface area contributed by atoms with Gasteiger partial charge in [-0.05, 0) is 14.0 Å². The van der Waals surface area contributed by atoms with Crippen molar-refractivity contribution in [2.45, 2.75) is 26.8 Å². The molecule has 0 aromatic rings. The maximum Gasteiger partial charge on any atom is 0.322 e. The Bertz CT molecular complexity index is 83.7. The van der Waals surface area contributed by atoms with Crippen LogP contribution in [-0.4, -0.2) is 26.2 Å². The van der Waals surface area contributed by atoms with Crippen molar-refractivity contribution >= 4 is 5.97 Å². The standard InChI is InChI=1S/C5H11NO2.C2H6/c1-4(6-2)5(7)8-3;1-2/h4,6H,1-3H3;1-2H3. The van der Waals surface area contributed by atoms with Crippen molar-refractivity contribution in [3.63, 3.8) is 0 Å². The molecule has 3 heteroatoms. The maximum absolute atomic E-state index is 10.5. The third-order valence-electron chi connectivity index (χ3n) is 0.988. The average molecular weight is 147 g/mol. The van der Waals surface area contributed by atoms with Crippen LogP contribution in [0.5, 0.6) is 0 Å². The SMILES string of the molecule is CC.CNC(C)C(=O)OC. The summed E-state index contributed by atoms with van der Waals surface area (Å²) in [4.78, 5) is 10.5. The first kappa shape index (κ1) is 12.1. The second-order valence-corrected chi connectivity index (χ2v) is 1.53. The summed E-state index contributed by atoms with van der Waals surface area (Å²) in [6, 6.07) is -0.194. The fraction of sp³-hybridized carbons (Fsp3) is 0.857. The van der Waals surface area contributed by atoms with Crippen LogP contribution in [0.2, 0.25) is 0 Å². The molecule has 0 rings (SSSR count). The molecule has 0 radical (unpaired) electrons. The fourth-order valence-corrected chi connectivity index (χ4v) is 0.295. The van der Waals surface area contributed by atoms with Crippen LogP contribution >= 0.6 is 0 Å². The van der Waals surface area contributed by atoms with E-state index in [1.807, 2.05) is 13.8 Å². The molecule has 62 valence electrons. The number of nitrogens with one attached hydrogen (secondary N) is 1. The number of likely N-dealkylation sites (N-methyl/N-ethyl adjacent to an activating group) is 1. The Labute approximate surface area is 62.8 Å². The van der Waals surface area contributed by atoms with Crippen molar-refractivity contribution in [3.8, 4) is 0 Å². The topological polar surface area (TPSA) is 38.3 Å². The van der Waals surface area contributed by atoms with Gasteiger partial charge >= 0.3 is 5.97 Å². The number of rotatable bonds is 2. The minimum atomic E-state index is -0.229. The summed E-state index contributed by atoms with van der Waals surface area (Å²) in [5.74, 6) is -0.229. The molecular formula is C7H17NO2. The lowest BCUT2D eigenvalue weighted by molar-refractivity contribution is -0.142. The van der Waals surface area contributed by atoms with Gasteiger partial charge in [0, 0.05) is 0 Å². The first-order valence-electron chi connectivity index (χ1n) is 3.47. The van der Waals surface area contributed by atoms with Crippen molar-refractivity contribution in [2.75, 3.05) is 14.2 Å². The van der Waals surface area contributed by atoms with E-state index in [9.17, 15) is 4.79 Å². The molecule has 0 saturated heterocycles. The Kier molecular flexibility index (Phi) is 10.2. The van der Waals surface area contributed by atoms with Gasteiger partial charge in [0.05, 0.1) is 7.11 Å². The number of carbonyl (C=O) groups excluding carboxylic acids is 1. The van der Waals surface area contributed by atoms with E-state index >= 15 is 0 Å². The second kappa shape index (κ2) is 8.43. The minimum Gasteiger partial charge on any atom is -0.468 e. The van der Waals surface area contributed by atoms with Crippen molar-refractivity contribution in [1.82, 2.24) is 5.32 Å². The van der Waals surface area contributed by atoms with E-state index in [0.29, 0.717) is 0 Å². The molecule has 0 aromatic heterocycles. The zero-order valence-corrected chi connectivity index (χ0v) is 7.39. The van der Waals surface area contributed by atoms with Gasteiger partial charge in [0.2, 0.25) is 0 Å². The highest BCUT2D eigenvalue weighted by Gasteiger charge is 2.07. The van der Waals surface area contributed by atoms with Gasteiger partial charge < -0.3 is 10.1 Å². The maximum atomic E-state index is 10.5. The van der Waals surface area contributed by atoms with Crippen LogP contribution in [-0.2, 0) is 9.53 Å². The van der Waals surface area contributed by atoms with Crippen LogP contribution < -0.4 is 5.32 Å². The molecule has 0 aliphatic carbocycles. The molecular weight excluding hydrogens is 130 g/mol. The van der Waals surface area contributed by atoms with E-state index in [1.165, 1.54) is 7.11 Å². The van der Waals surface area contributed by atoms with Crippen LogP contribution in [0.15, 0.2) is 0 Å². The molecule has 0 aliphatic heterocycles. The van der Waals surface area contributed by atoms with E-state index in [-0.39, 0.29) is 12.0 Å². The Balaban J connectivity index is 0. The molecule has 0 fully saturated rings. The molecule has 0 aromatic carbocycles. The predicted molar refractivity (Wildman–Crippen MR) is 41.9 cm³/mol. The molecule has 0 amide bonds. The van der Waals surface area contributed by atoms with Crippen LogP contribution in [0.1, 0.15) is 20.8 Å². The van der Waals surface area contributed by atoms with Gasteiger partial charge in [0.25, 0.3) is 0 Å². The molecule has 3 nitrogen and oxygen atoms in total. The van der Waals surface area contributed by atoms with Gasteiger partial charge in [-0.1, -0.05) is 13.8 Å². The lowest BCUT2D eigenvalue weighted by Crippen LogP contribution is -2.31. The first-order chi connectivity index (χ1) is 4.72. The number of esters is 1. The average Bonchev–Trinajstić information content (AvgIpc) is 2.05. The lowest BCUT2D eigenvalue weighted by Gasteiger charge is -2.04. The number of hydrogen-bond acceptors (Lipinski definition) is 3. The van der Waals surface area contributed by atoms with E-state index in [4.69, 9.17) is 0 Å². The molecule has 1 unspecified atom stereocenters. The zero-order valence-electron chi connectivity index (χ0n) is 7.39. The predicted octanol–water partition coefficient (Wildman–Crippen LogP) is 0.793. The molecule has 10 heavy (non-hydrogen) atoms. The van der Waals surface area contributed by atoms with Gasteiger partial charge in [0.15, 0.2) is 0 Å². The molecule has 0 saturated carbocycles. The Morgan fingerprint density at radius 3 is 2.00 bits per heavy atom. The highest BCUT2D eigenvalue weighted by molar-refractivity contribution is 5.74. The third-order valence-corrected chi connectivity index (χ3v) is 0.988. The Hall–Kier alpha value is -0.570. The summed E-state index contributed by atoms with van der Waals surface area (Å²) in [6.45, 7) is 5.74. The van der Waals surface area contributed by atoms with Crippen molar-refractivity contribution < 1.29 is 9.53 Å². The van der Waals surface area contributed by atoms with Crippen LogP contribution in [0.25, 0.3) is 0 Å². The van der Waals surface area contributed by atoms with Crippen LogP contribution in [0.3, 0.4) is 0 Å². The quantitative estimate of drug-likeness (QED) is 0.587. The first-order valence-corrected chi connectivity index (χ1v) is 3.47. The van der Waals surface area contributed by atoms with Crippen LogP contribution in [0, 0.1) is 0 Å². The Morgan fingerprint density at radius 1 is 1.50 bits per heavy atom. The van der Waals surface area contributed by atoms with Gasteiger partial charge in [-0.2, -0.15) is 0 Å².